The zero-order chi connectivity index (χ0) is 26.2. The number of hydrogen-bond donors (Lipinski definition) is 1. The van der Waals surface area contributed by atoms with Crippen LogP contribution in [-0.4, -0.2) is 84.2 Å². The number of methoxy groups -OCH3 is 2. The van der Waals surface area contributed by atoms with E-state index < -0.39 is 5.54 Å². The van der Waals surface area contributed by atoms with E-state index in [9.17, 15) is 9.59 Å². The van der Waals surface area contributed by atoms with Gasteiger partial charge < -0.3 is 19.4 Å². The summed E-state index contributed by atoms with van der Waals surface area (Å²) in [4.78, 5) is 37.0. The van der Waals surface area contributed by atoms with Crippen LogP contribution in [0.4, 0.5) is 4.79 Å². The highest BCUT2D eigenvalue weighted by atomic mass is 16.5. The molecular weight excluding hydrogens is 468 g/mol. The predicted octanol–water partition coefficient (Wildman–Crippen LogP) is 4.20. The number of likely N-dealkylation sites (N-methyl/N-ethyl adjacent to an activating group) is 1. The summed E-state index contributed by atoms with van der Waals surface area (Å²) >= 11 is 0. The molecule has 2 aliphatic heterocycles. The van der Waals surface area contributed by atoms with E-state index in [4.69, 9.17) is 9.47 Å². The third-order valence-electron chi connectivity index (χ3n) is 7.90. The lowest BCUT2D eigenvalue weighted by molar-refractivity contribution is -0.133. The Morgan fingerprint density at radius 1 is 1.11 bits per heavy atom. The van der Waals surface area contributed by atoms with Crippen molar-refractivity contribution in [3.8, 4) is 5.75 Å². The van der Waals surface area contributed by atoms with Crippen LogP contribution in [0.2, 0.25) is 0 Å². The number of aromatic nitrogens is 1. The third-order valence-corrected chi connectivity index (χ3v) is 7.90. The minimum Gasteiger partial charge on any atom is -0.497 e. The zero-order valence-electron chi connectivity index (χ0n) is 22.1. The quantitative estimate of drug-likeness (QED) is 0.419. The molecule has 3 heterocycles. The lowest BCUT2D eigenvalue weighted by Crippen LogP contribution is -2.53. The molecule has 37 heavy (non-hydrogen) atoms. The zero-order valence-corrected chi connectivity index (χ0v) is 22.1. The lowest BCUT2D eigenvalue weighted by Gasteiger charge is -2.42. The fourth-order valence-corrected chi connectivity index (χ4v) is 5.90. The van der Waals surface area contributed by atoms with Crippen molar-refractivity contribution in [1.82, 2.24) is 19.7 Å². The molecule has 1 saturated heterocycles. The van der Waals surface area contributed by atoms with Crippen LogP contribution < -0.4 is 4.74 Å². The number of hydrogen-bond acceptors (Lipinski definition) is 5. The Bertz CT molecular complexity index is 1290. The molecular formula is C29H36N4O4. The van der Waals surface area contributed by atoms with Gasteiger partial charge in [0.2, 0.25) is 0 Å². The topological polar surface area (TPSA) is 78.1 Å². The number of benzene rings is 2. The summed E-state index contributed by atoms with van der Waals surface area (Å²) in [5, 5.41) is 1.03. The Labute approximate surface area is 218 Å². The second-order valence-corrected chi connectivity index (χ2v) is 10.1. The summed E-state index contributed by atoms with van der Waals surface area (Å²) in [7, 11) is 3.35. The number of H-pyrrole nitrogens is 1. The number of amides is 3. The standard InChI is InChI=1S/C29H36N4O4/c1-5-31(16-17-36-3)14-9-15-32-27(34)29(2)19-23-22-18-21(37-4)12-13-24(22)30-25(23)26(33(29)28(32)35)20-10-7-6-8-11-20/h6-8,10-13,18,26,30H,5,9,14-17,19H2,1-4H3/t26-,29+/m1/s1. The first kappa shape index (κ1) is 25.3. The molecule has 0 spiro atoms. The Morgan fingerprint density at radius 2 is 1.89 bits per heavy atom. The van der Waals surface area contributed by atoms with Crippen molar-refractivity contribution >= 4 is 22.8 Å². The minimum atomic E-state index is -0.969. The third kappa shape index (κ3) is 4.28. The molecule has 0 saturated carbocycles. The van der Waals surface area contributed by atoms with Crippen molar-refractivity contribution in [3.05, 3.63) is 65.4 Å². The van der Waals surface area contributed by atoms with Crippen LogP contribution in [0.15, 0.2) is 48.5 Å². The molecule has 2 atom stereocenters. The first-order valence-electron chi connectivity index (χ1n) is 13.0. The van der Waals surface area contributed by atoms with Gasteiger partial charge in [0.1, 0.15) is 17.3 Å². The van der Waals surface area contributed by atoms with Gasteiger partial charge in [-0.05, 0) is 55.8 Å². The van der Waals surface area contributed by atoms with Gasteiger partial charge in [0.15, 0.2) is 0 Å². The van der Waals surface area contributed by atoms with Gasteiger partial charge in [-0.3, -0.25) is 14.6 Å². The van der Waals surface area contributed by atoms with E-state index in [2.05, 4.69) is 16.8 Å². The molecule has 0 unspecified atom stereocenters. The Hall–Kier alpha value is -3.36. The molecule has 0 aliphatic carbocycles. The van der Waals surface area contributed by atoms with Gasteiger partial charge in [-0.25, -0.2) is 4.79 Å². The number of carbonyl (C=O) groups is 2. The van der Waals surface area contributed by atoms with E-state index in [1.807, 2.05) is 60.4 Å². The highest BCUT2D eigenvalue weighted by Gasteiger charge is 2.59. The predicted molar refractivity (Wildman–Crippen MR) is 143 cm³/mol. The van der Waals surface area contributed by atoms with Gasteiger partial charge in [-0.1, -0.05) is 37.3 Å². The van der Waals surface area contributed by atoms with E-state index in [1.54, 1.807) is 14.2 Å². The highest BCUT2D eigenvalue weighted by molar-refractivity contribution is 6.08. The van der Waals surface area contributed by atoms with E-state index in [-0.39, 0.29) is 18.0 Å². The molecule has 0 bridgehead atoms. The van der Waals surface area contributed by atoms with Gasteiger partial charge in [-0.15, -0.1) is 0 Å². The van der Waals surface area contributed by atoms with Gasteiger partial charge >= 0.3 is 6.03 Å². The number of aromatic amines is 1. The molecule has 8 heteroatoms. The normalized spacial score (nSPS) is 21.2. The average Bonchev–Trinajstić information content (AvgIpc) is 3.36. The van der Waals surface area contributed by atoms with E-state index in [0.29, 0.717) is 19.6 Å². The number of imide groups is 1. The maximum atomic E-state index is 14.0. The van der Waals surface area contributed by atoms with Crippen molar-refractivity contribution in [2.75, 3.05) is 47.0 Å². The summed E-state index contributed by atoms with van der Waals surface area (Å²) in [5.41, 5.74) is 3.02. The summed E-state index contributed by atoms with van der Waals surface area (Å²) < 4.78 is 10.7. The molecule has 8 nitrogen and oxygen atoms in total. The maximum absolute atomic E-state index is 14.0. The summed E-state index contributed by atoms with van der Waals surface area (Å²) in [5.74, 6) is 0.642. The van der Waals surface area contributed by atoms with Crippen LogP contribution in [0.25, 0.3) is 10.9 Å². The monoisotopic (exact) mass is 504 g/mol. The van der Waals surface area contributed by atoms with Crippen LogP contribution in [0.5, 0.6) is 5.75 Å². The van der Waals surface area contributed by atoms with Crippen molar-refractivity contribution in [2.24, 2.45) is 0 Å². The average molecular weight is 505 g/mol. The maximum Gasteiger partial charge on any atom is 0.328 e. The first-order valence-corrected chi connectivity index (χ1v) is 13.0. The van der Waals surface area contributed by atoms with Gasteiger partial charge in [0.25, 0.3) is 5.91 Å². The fraction of sp³-hybridized carbons (Fsp3) is 0.448. The fourth-order valence-electron chi connectivity index (χ4n) is 5.90. The molecule has 5 rings (SSSR count). The van der Waals surface area contributed by atoms with Gasteiger partial charge in [0, 0.05) is 43.2 Å². The van der Waals surface area contributed by atoms with Crippen molar-refractivity contribution in [3.63, 3.8) is 0 Å². The number of urea groups is 1. The summed E-state index contributed by atoms with van der Waals surface area (Å²) in [6.07, 6.45) is 1.18. The number of fused-ring (bicyclic) bond motifs is 4. The van der Waals surface area contributed by atoms with Crippen LogP contribution in [0.3, 0.4) is 0 Å². The number of carbonyl (C=O) groups excluding carboxylic acids is 2. The summed E-state index contributed by atoms with van der Waals surface area (Å²) in [6, 6.07) is 15.3. The molecule has 2 aromatic carbocycles. The van der Waals surface area contributed by atoms with Crippen LogP contribution in [-0.2, 0) is 16.0 Å². The number of nitrogens with zero attached hydrogens (tertiary/aromatic N) is 3. The minimum absolute atomic E-state index is 0.124. The molecule has 3 aromatic rings. The van der Waals surface area contributed by atoms with Crippen molar-refractivity contribution < 1.29 is 19.1 Å². The molecule has 196 valence electrons. The van der Waals surface area contributed by atoms with Crippen molar-refractivity contribution in [2.45, 2.75) is 38.3 Å². The SMILES string of the molecule is CCN(CCCN1C(=O)N2[C@H](c3ccccc3)c3[nH]c4ccc(OC)cc4c3C[C@@]2(C)C1=O)CCOC. The van der Waals surface area contributed by atoms with Crippen LogP contribution in [0.1, 0.15) is 43.1 Å². The molecule has 0 radical (unpaired) electrons. The van der Waals surface area contributed by atoms with E-state index >= 15 is 0 Å². The lowest BCUT2D eigenvalue weighted by atomic mass is 9.81. The molecule has 1 N–H and O–H groups in total. The van der Waals surface area contributed by atoms with E-state index in [0.717, 1.165) is 59.5 Å². The smallest absolute Gasteiger partial charge is 0.328 e. The van der Waals surface area contributed by atoms with Crippen molar-refractivity contribution in [1.29, 1.82) is 0 Å². The van der Waals surface area contributed by atoms with Gasteiger partial charge in [-0.2, -0.15) is 0 Å². The first-order chi connectivity index (χ1) is 17.9. The molecule has 1 aromatic heterocycles. The Balaban J connectivity index is 1.51. The van der Waals surface area contributed by atoms with Crippen LogP contribution in [0, 0.1) is 0 Å². The number of rotatable bonds is 10. The second-order valence-electron chi connectivity index (χ2n) is 10.1. The molecule has 3 amide bonds. The molecule has 1 fully saturated rings. The second kappa shape index (κ2) is 10.2. The van der Waals surface area contributed by atoms with Crippen LogP contribution >= 0.6 is 0 Å². The Kier molecular flexibility index (Phi) is 6.96. The summed E-state index contributed by atoms with van der Waals surface area (Å²) in [6.45, 7) is 7.63. The molecule has 2 aliphatic rings. The Morgan fingerprint density at radius 3 is 2.59 bits per heavy atom. The van der Waals surface area contributed by atoms with Gasteiger partial charge in [0.05, 0.1) is 13.7 Å². The largest absolute Gasteiger partial charge is 0.497 e. The van der Waals surface area contributed by atoms with E-state index in [1.165, 1.54) is 4.90 Å². The highest BCUT2D eigenvalue weighted by Crippen LogP contribution is 2.49. The number of nitrogens with one attached hydrogen (secondary N) is 1. The number of ether oxygens (including phenoxy) is 2.